The van der Waals surface area contributed by atoms with Crippen LogP contribution in [0.4, 0.5) is 5.69 Å². The molecule has 1 fully saturated rings. The zero-order valence-electron chi connectivity index (χ0n) is 22.8. The van der Waals surface area contributed by atoms with Gasteiger partial charge in [-0.05, 0) is 73.8 Å². The maximum absolute atomic E-state index is 14.3. The van der Waals surface area contributed by atoms with Crippen LogP contribution in [0.1, 0.15) is 63.8 Å². The number of rotatable bonds is 8. The highest BCUT2D eigenvalue weighted by molar-refractivity contribution is 6.00. The molecule has 0 aromatic heterocycles. The second kappa shape index (κ2) is 11.4. The number of nitrogens with one attached hydrogen (secondary N) is 3. The first kappa shape index (κ1) is 27.4. The van der Waals surface area contributed by atoms with Crippen molar-refractivity contribution in [1.82, 2.24) is 15.5 Å². The summed E-state index contributed by atoms with van der Waals surface area (Å²) >= 11 is 0. The van der Waals surface area contributed by atoms with Crippen LogP contribution in [0.2, 0.25) is 0 Å². The van der Waals surface area contributed by atoms with E-state index in [9.17, 15) is 19.2 Å². The zero-order valence-corrected chi connectivity index (χ0v) is 22.8. The summed E-state index contributed by atoms with van der Waals surface area (Å²) in [6.45, 7) is 9.16. The average Bonchev–Trinajstić information content (AvgIpc) is 3.27. The third-order valence-corrected chi connectivity index (χ3v) is 7.21. The van der Waals surface area contributed by atoms with Gasteiger partial charge in [0.05, 0.1) is 0 Å². The van der Waals surface area contributed by atoms with Gasteiger partial charge in [0.2, 0.25) is 23.6 Å². The minimum Gasteiger partial charge on any atom is -0.352 e. The van der Waals surface area contributed by atoms with E-state index in [2.05, 4.69) is 28.1 Å². The highest BCUT2D eigenvalue weighted by Gasteiger charge is 2.49. The fourth-order valence-electron chi connectivity index (χ4n) is 5.63. The smallest absolute Gasteiger partial charge is 0.247 e. The van der Waals surface area contributed by atoms with Gasteiger partial charge >= 0.3 is 0 Å². The summed E-state index contributed by atoms with van der Waals surface area (Å²) in [5, 5.41) is 8.73. The average molecular weight is 519 g/mol. The first-order valence-corrected chi connectivity index (χ1v) is 13.4. The monoisotopic (exact) mass is 518 g/mol. The molecule has 1 heterocycles. The van der Waals surface area contributed by atoms with Gasteiger partial charge < -0.3 is 20.9 Å². The predicted molar refractivity (Wildman–Crippen MR) is 146 cm³/mol. The predicted octanol–water partition coefficient (Wildman–Crippen LogP) is 3.37. The van der Waals surface area contributed by atoms with Crippen molar-refractivity contribution in [2.45, 2.75) is 78.0 Å². The lowest BCUT2D eigenvalue weighted by molar-refractivity contribution is -0.158. The Morgan fingerprint density at radius 3 is 2.11 bits per heavy atom. The highest BCUT2D eigenvalue weighted by Crippen LogP contribution is 2.35. The first-order chi connectivity index (χ1) is 18.0. The van der Waals surface area contributed by atoms with Gasteiger partial charge in [-0.3, -0.25) is 19.2 Å². The first-order valence-electron chi connectivity index (χ1n) is 13.4. The number of carbonyl (C=O) groups excluding carboxylic acids is 4. The molecule has 1 aliphatic carbocycles. The van der Waals surface area contributed by atoms with E-state index in [0.717, 1.165) is 0 Å². The lowest BCUT2D eigenvalue weighted by Crippen LogP contribution is -2.67. The standard InChI is InChI=1S/C30H38N4O4/c1-17(2)14-25-28(36)33-26(23-15-21-8-6-7-9-22(21)16-23)30(38)34(25)27(29(37)31-18(3)4)20-10-12-24(13-11-20)32-19(5)35/h6-13,17-18,23,25-27H,14-16H2,1-5H3,(H,31,37)(H,32,35)(H,33,36)/t25-,26-,27?/m1/s1. The lowest BCUT2D eigenvalue weighted by Gasteiger charge is -2.45. The van der Waals surface area contributed by atoms with Gasteiger partial charge in [-0.2, -0.15) is 0 Å². The van der Waals surface area contributed by atoms with Gasteiger partial charge in [-0.1, -0.05) is 50.2 Å². The summed E-state index contributed by atoms with van der Waals surface area (Å²) in [5.41, 5.74) is 3.56. The van der Waals surface area contributed by atoms with Crippen molar-refractivity contribution in [3.05, 3.63) is 65.2 Å². The molecule has 1 aliphatic heterocycles. The number of amides is 4. The van der Waals surface area contributed by atoms with Crippen LogP contribution in [0.15, 0.2) is 48.5 Å². The molecule has 3 N–H and O–H groups in total. The summed E-state index contributed by atoms with van der Waals surface area (Å²) < 4.78 is 0. The van der Waals surface area contributed by atoms with Crippen molar-refractivity contribution in [2.75, 3.05) is 5.32 Å². The molecule has 8 heteroatoms. The second-order valence-electron chi connectivity index (χ2n) is 11.2. The topological polar surface area (TPSA) is 108 Å². The number of anilines is 1. The molecule has 2 aromatic carbocycles. The number of nitrogens with zero attached hydrogens (tertiary/aromatic N) is 1. The van der Waals surface area contributed by atoms with Crippen LogP contribution in [-0.4, -0.2) is 46.7 Å². The second-order valence-corrected chi connectivity index (χ2v) is 11.2. The summed E-state index contributed by atoms with van der Waals surface area (Å²) in [4.78, 5) is 54.6. The van der Waals surface area contributed by atoms with Crippen molar-refractivity contribution in [1.29, 1.82) is 0 Å². The van der Waals surface area contributed by atoms with Crippen molar-refractivity contribution in [3.8, 4) is 0 Å². The van der Waals surface area contributed by atoms with Crippen LogP contribution in [0.25, 0.3) is 0 Å². The Balaban J connectivity index is 1.74. The number of benzene rings is 2. The Hall–Kier alpha value is -3.68. The van der Waals surface area contributed by atoms with Gasteiger partial charge in [0.1, 0.15) is 18.1 Å². The van der Waals surface area contributed by atoms with Crippen LogP contribution in [0.3, 0.4) is 0 Å². The molecule has 0 bridgehead atoms. The maximum Gasteiger partial charge on any atom is 0.247 e. The largest absolute Gasteiger partial charge is 0.352 e. The molecule has 2 aliphatic rings. The quantitative estimate of drug-likeness (QED) is 0.498. The van der Waals surface area contributed by atoms with Crippen LogP contribution >= 0.6 is 0 Å². The third-order valence-electron chi connectivity index (χ3n) is 7.21. The fourth-order valence-corrected chi connectivity index (χ4v) is 5.63. The Labute approximate surface area is 224 Å². The SMILES string of the molecule is CC(=O)Nc1ccc(C(C(=O)NC(C)C)N2C(=O)[C@@H](C3Cc4ccccc4C3)NC(=O)[C@H]2CC(C)C)cc1. The van der Waals surface area contributed by atoms with E-state index in [0.29, 0.717) is 30.5 Å². The van der Waals surface area contributed by atoms with E-state index in [1.54, 1.807) is 24.3 Å². The minimum absolute atomic E-state index is 0.0812. The molecular weight excluding hydrogens is 480 g/mol. The fraction of sp³-hybridized carbons (Fsp3) is 0.467. The minimum atomic E-state index is -0.989. The number of carbonyl (C=O) groups is 4. The van der Waals surface area contributed by atoms with Crippen molar-refractivity contribution >= 4 is 29.3 Å². The van der Waals surface area contributed by atoms with Crippen LogP contribution in [-0.2, 0) is 32.0 Å². The lowest BCUT2D eigenvalue weighted by atomic mass is 9.88. The van der Waals surface area contributed by atoms with Crippen molar-refractivity contribution < 1.29 is 19.2 Å². The van der Waals surface area contributed by atoms with Crippen LogP contribution in [0, 0.1) is 11.8 Å². The molecule has 4 amide bonds. The molecule has 0 spiro atoms. The summed E-state index contributed by atoms with van der Waals surface area (Å²) in [6, 6.07) is 12.4. The van der Waals surface area contributed by atoms with E-state index in [4.69, 9.17) is 0 Å². The van der Waals surface area contributed by atoms with E-state index in [-0.39, 0.29) is 41.5 Å². The van der Waals surface area contributed by atoms with Crippen molar-refractivity contribution in [3.63, 3.8) is 0 Å². The Bertz CT molecular complexity index is 1180. The van der Waals surface area contributed by atoms with Gasteiger partial charge in [-0.15, -0.1) is 0 Å². The number of hydrogen-bond acceptors (Lipinski definition) is 4. The summed E-state index contributed by atoms with van der Waals surface area (Å²) in [7, 11) is 0. The van der Waals surface area contributed by atoms with Crippen LogP contribution in [0.5, 0.6) is 0 Å². The normalized spacial score (nSPS) is 20.3. The molecule has 0 saturated carbocycles. The number of piperazine rings is 1. The maximum atomic E-state index is 14.3. The molecule has 8 nitrogen and oxygen atoms in total. The van der Waals surface area contributed by atoms with Gasteiger partial charge in [0.15, 0.2) is 0 Å². The molecule has 38 heavy (non-hydrogen) atoms. The number of fused-ring (bicyclic) bond motifs is 1. The molecule has 1 unspecified atom stereocenters. The molecule has 4 rings (SSSR count). The molecule has 2 aromatic rings. The highest BCUT2D eigenvalue weighted by atomic mass is 16.2. The molecular formula is C30H38N4O4. The van der Waals surface area contributed by atoms with Crippen molar-refractivity contribution in [2.24, 2.45) is 11.8 Å². The van der Waals surface area contributed by atoms with Gasteiger partial charge in [0, 0.05) is 18.7 Å². The Morgan fingerprint density at radius 2 is 1.58 bits per heavy atom. The van der Waals surface area contributed by atoms with E-state index < -0.39 is 18.1 Å². The molecule has 0 radical (unpaired) electrons. The zero-order chi connectivity index (χ0) is 27.6. The Morgan fingerprint density at radius 1 is 0.974 bits per heavy atom. The van der Waals surface area contributed by atoms with Gasteiger partial charge in [-0.25, -0.2) is 0 Å². The number of hydrogen-bond donors (Lipinski definition) is 3. The molecule has 1 saturated heterocycles. The Kier molecular flexibility index (Phi) is 8.19. The van der Waals surface area contributed by atoms with E-state index >= 15 is 0 Å². The molecule has 202 valence electrons. The van der Waals surface area contributed by atoms with Gasteiger partial charge in [0.25, 0.3) is 0 Å². The summed E-state index contributed by atoms with van der Waals surface area (Å²) in [5.74, 6) is -0.948. The van der Waals surface area contributed by atoms with E-state index in [1.807, 2.05) is 39.8 Å². The van der Waals surface area contributed by atoms with E-state index in [1.165, 1.54) is 23.0 Å². The third kappa shape index (κ3) is 5.90. The summed E-state index contributed by atoms with van der Waals surface area (Å²) in [6.07, 6.45) is 1.83. The van der Waals surface area contributed by atoms with Crippen LogP contribution < -0.4 is 16.0 Å². The molecule has 3 atom stereocenters.